The van der Waals surface area contributed by atoms with E-state index in [1.807, 2.05) is 0 Å². The number of methoxy groups -OCH3 is 1. The highest BCUT2D eigenvalue weighted by molar-refractivity contribution is 5.75. The molecule has 1 aliphatic carbocycles. The van der Waals surface area contributed by atoms with Gasteiger partial charge in [0.1, 0.15) is 0 Å². The van der Waals surface area contributed by atoms with Crippen molar-refractivity contribution >= 4 is 5.91 Å². The second kappa shape index (κ2) is 6.86. The predicted octanol–water partition coefficient (Wildman–Crippen LogP) is 1.01. The van der Waals surface area contributed by atoms with E-state index in [1.54, 1.807) is 26.1 Å². The maximum atomic E-state index is 11.3. The van der Waals surface area contributed by atoms with Crippen LogP contribution in [0.25, 0.3) is 0 Å². The van der Waals surface area contributed by atoms with Crippen LogP contribution in [0.4, 0.5) is 0 Å². The molecule has 1 amide bonds. The van der Waals surface area contributed by atoms with E-state index in [9.17, 15) is 4.79 Å². The van der Waals surface area contributed by atoms with Gasteiger partial charge in [-0.15, -0.1) is 0 Å². The lowest BCUT2D eigenvalue weighted by atomic mass is 10.2. The molecule has 4 nitrogen and oxygen atoms in total. The van der Waals surface area contributed by atoms with E-state index < -0.39 is 0 Å². The third kappa shape index (κ3) is 4.49. The van der Waals surface area contributed by atoms with Crippen molar-refractivity contribution in [3.63, 3.8) is 0 Å². The topological polar surface area (TPSA) is 41.6 Å². The molecule has 2 unspecified atom stereocenters. The zero-order valence-electron chi connectivity index (χ0n) is 10.7. The van der Waals surface area contributed by atoms with Crippen molar-refractivity contribution in [1.29, 1.82) is 0 Å². The molecule has 1 saturated carbocycles. The Balaban J connectivity index is 2.02. The van der Waals surface area contributed by atoms with Gasteiger partial charge in [0.25, 0.3) is 0 Å². The molecule has 4 heteroatoms. The number of carbonyl (C=O) groups is 1. The summed E-state index contributed by atoms with van der Waals surface area (Å²) in [7, 11) is 5.38. The smallest absolute Gasteiger partial charge is 0.222 e. The van der Waals surface area contributed by atoms with Gasteiger partial charge in [-0.2, -0.15) is 0 Å². The number of nitrogens with zero attached hydrogens (tertiary/aromatic N) is 1. The van der Waals surface area contributed by atoms with E-state index in [0.717, 1.165) is 25.8 Å². The van der Waals surface area contributed by atoms with Crippen LogP contribution in [0.3, 0.4) is 0 Å². The fraction of sp³-hybridized carbons (Fsp3) is 0.917. The lowest BCUT2D eigenvalue weighted by molar-refractivity contribution is -0.128. The molecular weight excluding hydrogens is 204 g/mol. The third-order valence-corrected chi connectivity index (χ3v) is 3.22. The Morgan fingerprint density at radius 1 is 1.44 bits per heavy atom. The predicted molar refractivity (Wildman–Crippen MR) is 64.4 cm³/mol. The second-order valence-electron chi connectivity index (χ2n) is 4.71. The zero-order valence-corrected chi connectivity index (χ0v) is 10.7. The Hall–Kier alpha value is -0.610. The van der Waals surface area contributed by atoms with E-state index in [4.69, 9.17) is 4.74 Å². The van der Waals surface area contributed by atoms with E-state index in [-0.39, 0.29) is 5.91 Å². The van der Waals surface area contributed by atoms with Gasteiger partial charge in [0.2, 0.25) is 5.91 Å². The molecule has 0 aliphatic heterocycles. The summed E-state index contributed by atoms with van der Waals surface area (Å²) in [6.45, 7) is 0.931. The molecule has 0 bridgehead atoms. The molecule has 0 aromatic carbocycles. The molecule has 0 radical (unpaired) electrons. The third-order valence-electron chi connectivity index (χ3n) is 3.22. The van der Waals surface area contributed by atoms with Crippen LogP contribution in [0.1, 0.15) is 32.1 Å². The Labute approximate surface area is 98.3 Å². The Morgan fingerprint density at radius 2 is 2.19 bits per heavy atom. The summed E-state index contributed by atoms with van der Waals surface area (Å²) in [6.07, 6.45) is 5.45. The van der Waals surface area contributed by atoms with Crippen LogP contribution in [0.2, 0.25) is 0 Å². The van der Waals surface area contributed by atoms with E-state index in [0.29, 0.717) is 18.6 Å². The highest BCUT2D eigenvalue weighted by Crippen LogP contribution is 2.21. The van der Waals surface area contributed by atoms with Crippen molar-refractivity contribution in [2.24, 2.45) is 0 Å². The fourth-order valence-corrected chi connectivity index (χ4v) is 2.11. The van der Waals surface area contributed by atoms with E-state index in [2.05, 4.69) is 5.32 Å². The van der Waals surface area contributed by atoms with Crippen molar-refractivity contribution in [2.45, 2.75) is 44.2 Å². The van der Waals surface area contributed by atoms with Crippen LogP contribution in [0.5, 0.6) is 0 Å². The monoisotopic (exact) mass is 228 g/mol. The van der Waals surface area contributed by atoms with Crippen LogP contribution < -0.4 is 5.32 Å². The number of ether oxygens (including phenoxy) is 1. The van der Waals surface area contributed by atoms with Gasteiger partial charge < -0.3 is 15.0 Å². The molecular formula is C12H24N2O2. The number of hydrogen-bond acceptors (Lipinski definition) is 3. The molecule has 94 valence electrons. The van der Waals surface area contributed by atoms with Gasteiger partial charge in [-0.3, -0.25) is 4.79 Å². The van der Waals surface area contributed by atoms with Crippen molar-refractivity contribution in [2.75, 3.05) is 27.7 Å². The average molecular weight is 228 g/mol. The molecule has 1 N–H and O–H groups in total. The van der Waals surface area contributed by atoms with Gasteiger partial charge in [-0.05, 0) is 32.2 Å². The molecule has 2 atom stereocenters. The summed E-state index contributed by atoms with van der Waals surface area (Å²) >= 11 is 0. The second-order valence-corrected chi connectivity index (χ2v) is 4.71. The quantitative estimate of drug-likeness (QED) is 0.690. The SMILES string of the molecule is COC1CCC(NCCCC(=O)N(C)C)C1. The highest BCUT2D eigenvalue weighted by Gasteiger charge is 2.23. The number of hydrogen-bond donors (Lipinski definition) is 1. The van der Waals surface area contributed by atoms with Gasteiger partial charge >= 0.3 is 0 Å². The van der Waals surface area contributed by atoms with Crippen molar-refractivity contribution in [3.8, 4) is 0 Å². The minimum atomic E-state index is 0.211. The van der Waals surface area contributed by atoms with E-state index >= 15 is 0 Å². The molecule has 0 heterocycles. The molecule has 0 spiro atoms. The fourth-order valence-electron chi connectivity index (χ4n) is 2.11. The van der Waals surface area contributed by atoms with Gasteiger partial charge in [-0.1, -0.05) is 0 Å². The largest absolute Gasteiger partial charge is 0.381 e. The molecule has 0 aromatic rings. The first-order chi connectivity index (χ1) is 7.63. The normalized spacial score (nSPS) is 24.7. The first kappa shape index (κ1) is 13.5. The van der Waals surface area contributed by atoms with Gasteiger partial charge in [0.05, 0.1) is 6.10 Å². The Morgan fingerprint density at radius 3 is 2.75 bits per heavy atom. The Bertz CT molecular complexity index is 219. The standard InChI is InChI=1S/C12H24N2O2/c1-14(2)12(15)5-4-8-13-10-6-7-11(9-10)16-3/h10-11,13H,4-9H2,1-3H3. The van der Waals surface area contributed by atoms with Gasteiger partial charge in [0, 0.05) is 33.7 Å². The molecule has 1 fully saturated rings. The first-order valence-electron chi connectivity index (χ1n) is 6.09. The van der Waals surface area contributed by atoms with Crippen LogP contribution in [-0.4, -0.2) is 50.7 Å². The molecule has 1 rings (SSSR count). The lowest BCUT2D eigenvalue weighted by Crippen LogP contribution is -2.29. The number of carbonyl (C=O) groups excluding carboxylic acids is 1. The summed E-state index contributed by atoms with van der Waals surface area (Å²) in [4.78, 5) is 13.0. The van der Waals surface area contributed by atoms with Crippen molar-refractivity contribution in [1.82, 2.24) is 10.2 Å². The van der Waals surface area contributed by atoms with Crippen LogP contribution in [-0.2, 0) is 9.53 Å². The number of amides is 1. The van der Waals surface area contributed by atoms with Crippen molar-refractivity contribution < 1.29 is 9.53 Å². The molecule has 16 heavy (non-hydrogen) atoms. The molecule has 1 aliphatic rings. The van der Waals surface area contributed by atoms with Gasteiger partial charge in [-0.25, -0.2) is 0 Å². The van der Waals surface area contributed by atoms with Crippen molar-refractivity contribution in [3.05, 3.63) is 0 Å². The Kier molecular flexibility index (Phi) is 5.77. The number of nitrogens with one attached hydrogen (secondary N) is 1. The lowest BCUT2D eigenvalue weighted by Gasteiger charge is -2.13. The maximum Gasteiger partial charge on any atom is 0.222 e. The zero-order chi connectivity index (χ0) is 12.0. The van der Waals surface area contributed by atoms with Gasteiger partial charge in [0.15, 0.2) is 0 Å². The summed E-state index contributed by atoms with van der Waals surface area (Å²) < 4.78 is 5.32. The summed E-state index contributed by atoms with van der Waals surface area (Å²) in [5.41, 5.74) is 0. The van der Waals surface area contributed by atoms with Crippen LogP contribution in [0, 0.1) is 0 Å². The molecule has 0 aromatic heterocycles. The highest BCUT2D eigenvalue weighted by atomic mass is 16.5. The van der Waals surface area contributed by atoms with E-state index in [1.165, 1.54) is 6.42 Å². The number of rotatable bonds is 6. The summed E-state index contributed by atoms with van der Waals surface area (Å²) in [6, 6.07) is 0.583. The molecule has 0 saturated heterocycles. The summed E-state index contributed by atoms with van der Waals surface area (Å²) in [5, 5.41) is 3.49. The minimum absolute atomic E-state index is 0.211. The first-order valence-corrected chi connectivity index (χ1v) is 6.09. The van der Waals surface area contributed by atoms with Crippen LogP contribution in [0.15, 0.2) is 0 Å². The minimum Gasteiger partial charge on any atom is -0.381 e. The summed E-state index contributed by atoms with van der Waals surface area (Å²) in [5.74, 6) is 0.211. The van der Waals surface area contributed by atoms with Crippen LogP contribution >= 0.6 is 0 Å². The average Bonchev–Trinajstić information content (AvgIpc) is 2.71. The maximum absolute atomic E-state index is 11.3.